The first-order chi connectivity index (χ1) is 12.6. The van der Waals surface area contributed by atoms with Crippen molar-refractivity contribution >= 4 is 29.1 Å². The molecule has 7 heteroatoms. The molecule has 26 heavy (non-hydrogen) atoms. The highest BCUT2D eigenvalue weighted by Gasteiger charge is 2.51. The molecule has 3 heterocycles. The number of urea groups is 1. The third kappa shape index (κ3) is 2.62. The zero-order valence-electron chi connectivity index (χ0n) is 15.0. The molecule has 2 saturated heterocycles. The van der Waals surface area contributed by atoms with Crippen molar-refractivity contribution in [3.8, 4) is 0 Å². The molecular weight excluding hydrogens is 330 g/mol. The highest BCUT2D eigenvalue weighted by molar-refractivity contribution is 6.04. The molecule has 1 aromatic rings. The normalized spacial score (nSPS) is 25.5. The number of fused-ring (bicyclic) bond motifs is 1. The molecule has 3 aliphatic heterocycles. The van der Waals surface area contributed by atoms with E-state index in [1.54, 1.807) is 4.90 Å². The van der Waals surface area contributed by atoms with Crippen molar-refractivity contribution in [3.63, 3.8) is 0 Å². The van der Waals surface area contributed by atoms with Gasteiger partial charge in [-0.15, -0.1) is 0 Å². The summed E-state index contributed by atoms with van der Waals surface area (Å²) in [5.41, 5.74) is 7.39. The van der Waals surface area contributed by atoms with Gasteiger partial charge in [-0.25, -0.2) is 4.79 Å². The number of aliphatic imine (C=N–C) groups is 1. The summed E-state index contributed by atoms with van der Waals surface area (Å²) in [6.45, 7) is 4.58. The van der Waals surface area contributed by atoms with Crippen molar-refractivity contribution < 1.29 is 9.59 Å². The Balaban J connectivity index is 1.62. The maximum Gasteiger partial charge on any atom is 0.325 e. The second-order valence-corrected chi connectivity index (χ2v) is 6.88. The Kier molecular flexibility index (Phi) is 4.30. The summed E-state index contributed by atoms with van der Waals surface area (Å²) < 4.78 is 0. The van der Waals surface area contributed by atoms with Crippen molar-refractivity contribution in [1.29, 1.82) is 0 Å². The van der Waals surface area contributed by atoms with E-state index >= 15 is 0 Å². The number of amides is 3. The van der Waals surface area contributed by atoms with Gasteiger partial charge in [-0.3, -0.25) is 14.7 Å². The minimum atomic E-state index is -0.640. The maximum absolute atomic E-state index is 12.8. The molecule has 7 nitrogen and oxygen atoms in total. The smallest absolute Gasteiger partial charge is 0.325 e. The average molecular weight is 354 g/mol. The van der Waals surface area contributed by atoms with Gasteiger partial charge in [0, 0.05) is 37.4 Å². The molecule has 2 fully saturated rings. The highest BCUT2D eigenvalue weighted by atomic mass is 16.2. The van der Waals surface area contributed by atoms with Crippen molar-refractivity contribution in [2.45, 2.75) is 38.3 Å². The van der Waals surface area contributed by atoms with Crippen LogP contribution in [0, 0.1) is 6.42 Å². The molecule has 2 N–H and O–H groups in total. The fourth-order valence-corrected chi connectivity index (χ4v) is 4.19. The van der Waals surface area contributed by atoms with Crippen LogP contribution >= 0.6 is 0 Å². The van der Waals surface area contributed by atoms with Crippen LogP contribution in [0.3, 0.4) is 0 Å². The van der Waals surface area contributed by atoms with E-state index in [1.165, 1.54) is 4.90 Å². The number of carbonyl (C=O) groups excluding carboxylic acids is 2. The Hall–Kier alpha value is -2.57. The summed E-state index contributed by atoms with van der Waals surface area (Å²) in [4.78, 5) is 34.9. The first-order valence-corrected chi connectivity index (χ1v) is 9.25. The quantitative estimate of drug-likeness (QED) is 0.895. The second kappa shape index (κ2) is 6.63. The summed E-state index contributed by atoms with van der Waals surface area (Å²) >= 11 is 0. The number of hydrogen-bond donors (Lipinski definition) is 1. The lowest BCUT2D eigenvalue weighted by Crippen LogP contribution is -2.46. The van der Waals surface area contributed by atoms with Crippen molar-refractivity contribution in [3.05, 3.63) is 30.7 Å². The first kappa shape index (κ1) is 16.9. The van der Waals surface area contributed by atoms with Crippen LogP contribution in [-0.2, 0) is 4.79 Å². The first-order valence-electron chi connectivity index (χ1n) is 9.25. The molecule has 0 spiro atoms. The third-order valence-corrected chi connectivity index (χ3v) is 5.38. The maximum atomic E-state index is 12.8. The lowest BCUT2D eigenvalue weighted by atomic mass is 10.1. The average Bonchev–Trinajstić information content (AvgIpc) is 3.24. The molecule has 0 aliphatic carbocycles. The number of anilines is 2. The van der Waals surface area contributed by atoms with Gasteiger partial charge in [0.05, 0.1) is 6.04 Å². The number of benzene rings is 1. The Labute approximate surface area is 153 Å². The van der Waals surface area contributed by atoms with E-state index in [0.29, 0.717) is 12.2 Å². The number of amidine groups is 1. The van der Waals surface area contributed by atoms with Crippen LogP contribution < -0.4 is 15.5 Å². The molecule has 1 radical (unpaired) electrons. The van der Waals surface area contributed by atoms with E-state index in [9.17, 15) is 9.59 Å². The Bertz CT molecular complexity index is 745. The van der Waals surface area contributed by atoms with Crippen molar-refractivity contribution in [2.75, 3.05) is 29.4 Å². The van der Waals surface area contributed by atoms with Gasteiger partial charge in [0.25, 0.3) is 0 Å². The highest BCUT2D eigenvalue weighted by Crippen LogP contribution is 2.35. The zero-order chi connectivity index (χ0) is 18.3. The number of primary amides is 1. The number of hydrogen-bond acceptors (Lipinski definition) is 4. The predicted molar refractivity (Wildman–Crippen MR) is 101 cm³/mol. The van der Waals surface area contributed by atoms with E-state index in [-0.39, 0.29) is 12.1 Å². The van der Waals surface area contributed by atoms with Crippen LogP contribution in [0.2, 0.25) is 0 Å². The summed E-state index contributed by atoms with van der Waals surface area (Å²) in [6, 6.07) is 6.77. The van der Waals surface area contributed by atoms with Crippen LogP contribution in [-0.4, -0.2) is 54.4 Å². The van der Waals surface area contributed by atoms with Crippen LogP contribution in [0.15, 0.2) is 29.3 Å². The molecule has 3 amide bonds. The minimum absolute atomic E-state index is 0.144. The fraction of sp³-hybridized carbons (Fsp3) is 0.474. The zero-order valence-corrected chi connectivity index (χ0v) is 15.0. The molecule has 2 atom stereocenters. The van der Waals surface area contributed by atoms with Gasteiger partial charge in [0.1, 0.15) is 11.9 Å². The van der Waals surface area contributed by atoms with Gasteiger partial charge >= 0.3 is 6.03 Å². The second-order valence-electron chi connectivity index (χ2n) is 6.88. The van der Waals surface area contributed by atoms with Crippen LogP contribution in [0.5, 0.6) is 0 Å². The van der Waals surface area contributed by atoms with Crippen molar-refractivity contribution in [1.82, 2.24) is 4.90 Å². The largest absolute Gasteiger partial charge is 0.368 e. The van der Waals surface area contributed by atoms with Gasteiger partial charge in [0.2, 0.25) is 5.91 Å². The van der Waals surface area contributed by atoms with Crippen LogP contribution in [0.4, 0.5) is 16.2 Å². The Morgan fingerprint density at radius 1 is 1.23 bits per heavy atom. The molecule has 0 saturated carbocycles. The standard InChI is InChI=1S/C19H24N5O2/c1-2-16-21-10-4-12-22(16)13-6-8-14(9-7-13)24-17(18(20)25)15-5-3-11-23(15)19(24)26/h5-9,15,17H,2-4,10-12H2,1H3,(H2,20,25)/t15-,17?/m1/s1. The SMILES string of the molecule is CCC1=NCCCN1c1ccc(N2C(=O)N3CC[CH][C@@H]3C2C(N)=O)cc1. The van der Waals surface area contributed by atoms with Crippen molar-refractivity contribution in [2.24, 2.45) is 10.7 Å². The molecule has 1 unspecified atom stereocenters. The topological polar surface area (TPSA) is 82.2 Å². The Morgan fingerprint density at radius 3 is 2.65 bits per heavy atom. The summed E-state index contributed by atoms with van der Waals surface area (Å²) in [5, 5.41) is 0. The van der Waals surface area contributed by atoms with Gasteiger partial charge in [-0.2, -0.15) is 0 Å². The van der Waals surface area contributed by atoms with E-state index in [2.05, 4.69) is 16.8 Å². The van der Waals surface area contributed by atoms with Gasteiger partial charge in [-0.1, -0.05) is 6.92 Å². The predicted octanol–water partition coefficient (Wildman–Crippen LogP) is 1.78. The Morgan fingerprint density at radius 2 is 1.96 bits per heavy atom. The van der Waals surface area contributed by atoms with Gasteiger partial charge in [0.15, 0.2) is 0 Å². The molecule has 3 aliphatic rings. The monoisotopic (exact) mass is 354 g/mol. The number of carbonyl (C=O) groups is 2. The molecule has 0 bridgehead atoms. The molecule has 0 aromatic heterocycles. The van der Waals surface area contributed by atoms with E-state index < -0.39 is 11.9 Å². The third-order valence-electron chi connectivity index (χ3n) is 5.38. The van der Waals surface area contributed by atoms with Crippen LogP contribution in [0.25, 0.3) is 0 Å². The molecular formula is C19H24N5O2. The minimum Gasteiger partial charge on any atom is -0.368 e. The lowest BCUT2D eigenvalue weighted by molar-refractivity contribution is -0.119. The molecule has 1 aromatic carbocycles. The van der Waals surface area contributed by atoms with E-state index in [0.717, 1.165) is 43.9 Å². The lowest BCUT2D eigenvalue weighted by Gasteiger charge is -2.30. The van der Waals surface area contributed by atoms with Gasteiger partial charge in [-0.05, 0) is 43.5 Å². The fourth-order valence-electron chi connectivity index (χ4n) is 4.19. The number of nitrogens with two attached hydrogens (primary N) is 1. The van der Waals surface area contributed by atoms with E-state index in [4.69, 9.17) is 5.73 Å². The molecule has 137 valence electrons. The summed E-state index contributed by atoms with van der Waals surface area (Å²) in [7, 11) is 0. The van der Waals surface area contributed by atoms with E-state index in [1.807, 2.05) is 30.7 Å². The summed E-state index contributed by atoms with van der Waals surface area (Å²) in [6.07, 6.45) is 4.75. The van der Waals surface area contributed by atoms with Crippen LogP contribution in [0.1, 0.15) is 26.2 Å². The number of nitrogens with zero attached hydrogens (tertiary/aromatic N) is 4. The summed E-state index contributed by atoms with van der Waals surface area (Å²) in [5.74, 6) is 0.621. The number of rotatable bonds is 4. The molecule has 4 rings (SSSR count). The van der Waals surface area contributed by atoms with Gasteiger partial charge < -0.3 is 15.5 Å².